The Morgan fingerprint density at radius 3 is 3.00 bits per heavy atom. The largest absolute Gasteiger partial charge is 0.383 e. The van der Waals surface area contributed by atoms with Crippen LogP contribution in [0.5, 0.6) is 0 Å². The summed E-state index contributed by atoms with van der Waals surface area (Å²) in [6, 6.07) is 8.12. The van der Waals surface area contributed by atoms with Crippen LogP contribution < -0.4 is 5.32 Å². The normalized spacial score (nSPS) is 17.0. The van der Waals surface area contributed by atoms with Crippen LogP contribution in [0, 0.1) is 11.8 Å². The minimum absolute atomic E-state index is 0.752. The molecule has 1 atom stereocenters. The number of rotatable bonds is 4. The Bertz CT molecular complexity index is 514. The molecule has 1 aliphatic rings. The lowest BCUT2D eigenvalue weighted by Crippen LogP contribution is -2.13. The van der Waals surface area contributed by atoms with Gasteiger partial charge >= 0.3 is 0 Å². The Kier molecular flexibility index (Phi) is 2.67. The number of fused-ring (bicyclic) bond motifs is 1. The molecular weight excluding hydrogens is 210 g/mol. The summed E-state index contributed by atoms with van der Waals surface area (Å²) in [6.07, 6.45) is 4.62. The van der Waals surface area contributed by atoms with Gasteiger partial charge in [-0.15, -0.1) is 0 Å². The van der Waals surface area contributed by atoms with Gasteiger partial charge in [-0.3, -0.25) is 0 Å². The molecule has 1 N–H and O–H groups in total. The van der Waals surface area contributed by atoms with Crippen molar-refractivity contribution >= 4 is 16.6 Å². The van der Waals surface area contributed by atoms with Crippen molar-refractivity contribution in [1.29, 1.82) is 0 Å². The molecule has 0 aliphatic heterocycles. The van der Waals surface area contributed by atoms with Crippen molar-refractivity contribution in [3.05, 3.63) is 30.5 Å². The second-order valence-electron chi connectivity index (χ2n) is 4.97. The summed E-state index contributed by atoms with van der Waals surface area (Å²) in [5.74, 6) is 1.69. The highest BCUT2D eigenvalue weighted by atomic mass is 15.1. The van der Waals surface area contributed by atoms with Crippen molar-refractivity contribution in [3.8, 4) is 0 Å². The predicted octanol–water partition coefficient (Wildman–Crippen LogP) is 3.09. The maximum Gasteiger partial charge on any atom is 0.0950 e. The van der Waals surface area contributed by atoms with Crippen LogP contribution in [0.25, 0.3) is 10.9 Å². The van der Waals surface area contributed by atoms with Crippen molar-refractivity contribution in [2.24, 2.45) is 11.8 Å². The second-order valence-corrected chi connectivity index (χ2v) is 4.97. The van der Waals surface area contributed by atoms with Crippen LogP contribution in [-0.4, -0.2) is 16.7 Å². The summed E-state index contributed by atoms with van der Waals surface area (Å²) in [4.78, 5) is 0. The number of anilines is 1. The minimum Gasteiger partial charge on any atom is -0.383 e. The van der Waals surface area contributed by atoms with Crippen LogP contribution >= 0.6 is 0 Å². The number of hydrogen-bond donors (Lipinski definition) is 1. The quantitative estimate of drug-likeness (QED) is 0.872. The van der Waals surface area contributed by atoms with E-state index in [9.17, 15) is 0 Å². The van der Waals surface area contributed by atoms with E-state index in [0.717, 1.165) is 35.0 Å². The summed E-state index contributed by atoms with van der Waals surface area (Å²) in [5, 5.41) is 12.8. The van der Waals surface area contributed by atoms with Gasteiger partial charge in [0.05, 0.1) is 17.4 Å². The van der Waals surface area contributed by atoms with E-state index < -0.39 is 0 Å². The van der Waals surface area contributed by atoms with Crippen LogP contribution in [0.1, 0.15) is 19.8 Å². The average molecular weight is 227 g/mol. The van der Waals surface area contributed by atoms with Gasteiger partial charge in [0.25, 0.3) is 0 Å². The Labute approximate surface area is 101 Å². The number of benzene rings is 1. The van der Waals surface area contributed by atoms with E-state index in [0.29, 0.717) is 0 Å². The van der Waals surface area contributed by atoms with E-state index in [1.54, 1.807) is 0 Å². The second kappa shape index (κ2) is 4.32. The molecule has 0 saturated heterocycles. The van der Waals surface area contributed by atoms with Crippen molar-refractivity contribution < 1.29 is 0 Å². The van der Waals surface area contributed by atoms with E-state index in [-0.39, 0.29) is 0 Å². The fourth-order valence-electron chi connectivity index (χ4n) is 2.25. The molecule has 0 amide bonds. The van der Waals surface area contributed by atoms with Crippen LogP contribution in [0.4, 0.5) is 5.69 Å². The Balaban J connectivity index is 1.79. The highest BCUT2D eigenvalue weighted by Crippen LogP contribution is 2.36. The van der Waals surface area contributed by atoms with Gasteiger partial charge in [-0.2, -0.15) is 10.2 Å². The van der Waals surface area contributed by atoms with Crippen molar-refractivity contribution in [1.82, 2.24) is 10.2 Å². The third-order valence-corrected chi connectivity index (χ3v) is 3.59. The summed E-state index contributed by atoms with van der Waals surface area (Å²) < 4.78 is 0. The number of nitrogens with one attached hydrogen (secondary N) is 1. The predicted molar refractivity (Wildman–Crippen MR) is 69.9 cm³/mol. The highest BCUT2D eigenvalue weighted by Gasteiger charge is 2.27. The number of aromatic nitrogens is 2. The van der Waals surface area contributed by atoms with Crippen LogP contribution in [0.2, 0.25) is 0 Å². The molecule has 1 aliphatic carbocycles. The SMILES string of the molecule is CC(CNc1cnnc2ccccc12)C1CC1. The van der Waals surface area contributed by atoms with E-state index in [1.807, 2.05) is 24.4 Å². The molecule has 0 radical (unpaired) electrons. The Hall–Kier alpha value is -1.64. The smallest absolute Gasteiger partial charge is 0.0950 e. The zero-order valence-corrected chi connectivity index (χ0v) is 10.1. The molecular formula is C14H17N3. The van der Waals surface area contributed by atoms with Crippen LogP contribution in [-0.2, 0) is 0 Å². The molecule has 0 spiro atoms. The summed E-state index contributed by atoms with van der Waals surface area (Å²) >= 11 is 0. The first kappa shape index (κ1) is 10.5. The van der Waals surface area contributed by atoms with Gasteiger partial charge in [-0.05, 0) is 30.7 Å². The minimum atomic E-state index is 0.752. The molecule has 17 heavy (non-hydrogen) atoms. The van der Waals surface area contributed by atoms with E-state index >= 15 is 0 Å². The molecule has 1 aromatic carbocycles. The third-order valence-electron chi connectivity index (χ3n) is 3.59. The van der Waals surface area contributed by atoms with E-state index in [1.165, 1.54) is 12.8 Å². The maximum absolute atomic E-state index is 4.13. The van der Waals surface area contributed by atoms with Gasteiger partial charge in [0.15, 0.2) is 0 Å². The van der Waals surface area contributed by atoms with Gasteiger partial charge in [-0.1, -0.05) is 25.1 Å². The molecule has 2 aromatic rings. The lowest BCUT2D eigenvalue weighted by atomic mass is 10.1. The number of hydrogen-bond acceptors (Lipinski definition) is 3. The monoisotopic (exact) mass is 227 g/mol. The first-order chi connectivity index (χ1) is 8.34. The van der Waals surface area contributed by atoms with Gasteiger partial charge in [0.1, 0.15) is 0 Å². The van der Waals surface area contributed by atoms with Gasteiger partial charge in [0.2, 0.25) is 0 Å². The fourth-order valence-corrected chi connectivity index (χ4v) is 2.25. The Morgan fingerprint density at radius 2 is 2.18 bits per heavy atom. The molecule has 1 heterocycles. The maximum atomic E-state index is 4.13. The first-order valence-corrected chi connectivity index (χ1v) is 6.29. The molecule has 3 rings (SSSR count). The van der Waals surface area contributed by atoms with Crippen molar-refractivity contribution in [3.63, 3.8) is 0 Å². The topological polar surface area (TPSA) is 37.8 Å². The van der Waals surface area contributed by atoms with Gasteiger partial charge in [-0.25, -0.2) is 0 Å². The third kappa shape index (κ3) is 2.23. The zero-order valence-electron chi connectivity index (χ0n) is 10.1. The summed E-state index contributed by atoms with van der Waals surface area (Å²) in [7, 11) is 0. The lowest BCUT2D eigenvalue weighted by Gasteiger charge is -2.13. The molecule has 0 bridgehead atoms. The highest BCUT2D eigenvalue weighted by molar-refractivity contribution is 5.90. The zero-order chi connectivity index (χ0) is 11.7. The van der Waals surface area contributed by atoms with Crippen LogP contribution in [0.3, 0.4) is 0 Å². The summed E-state index contributed by atoms with van der Waals surface area (Å²) in [5.41, 5.74) is 2.06. The first-order valence-electron chi connectivity index (χ1n) is 6.29. The van der Waals surface area contributed by atoms with Gasteiger partial charge in [0, 0.05) is 11.9 Å². The van der Waals surface area contributed by atoms with E-state index in [2.05, 4.69) is 28.5 Å². The molecule has 1 aromatic heterocycles. The van der Waals surface area contributed by atoms with Crippen LogP contribution in [0.15, 0.2) is 30.5 Å². The Morgan fingerprint density at radius 1 is 1.35 bits per heavy atom. The van der Waals surface area contributed by atoms with E-state index in [4.69, 9.17) is 0 Å². The molecule has 1 fully saturated rings. The fraction of sp³-hybridized carbons (Fsp3) is 0.429. The molecule has 1 unspecified atom stereocenters. The lowest BCUT2D eigenvalue weighted by molar-refractivity contribution is 0.537. The van der Waals surface area contributed by atoms with Crippen molar-refractivity contribution in [2.45, 2.75) is 19.8 Å². The molecule has 3 heteroatoms. The average Bonchev–Trinajstić information content (AvgIpc) is 3.20. The van der Waals surface area contributed by atoms with Crippen molar-refractivity contribution in [2.75, 3.05) is 11.9 Å². The molecule has 1 saturated carbocycles. The number of nitrogens with zero attached hydrogens (tertiary/aromatic N) is 2. The molecule has 88 valence electrons. The standard InChI is InChI=1S/C14H17N3/c1-10(11-6-7-11)8-15-14-9-16-17-13-5-3-2-4-12(13)14/h2-5,9-11H,6-8H2,1H3,(H,15,17). The summed E-state index contributed by atoms with van der Waals surface area (Å²) in [6.45, 7) is 3.35. The molecule has 3 nitrogen and oxygen atoms in total. The van der Waals surface area contributed by atoms with Gasteiger partial charge < -0.3 is 5.32 Å².